The quantitative estimate of drug-likeness (QED) is 0.586. The molecule has 1 aromatic heterocycles. The lowest BCUT2D eigenvalue weighted by molar-refractivity contribution is -2.00. The molecule has 0 atom stereocenters. The van der Waals surface area contributed by atoms with Gasteiger partial charge in [-0.05, 0) is 18.6 Å². The highest BCUT2D eigenvalue weighted by atomic mass is 35.7. The second-order valence-electron chi connectivity index (χ2n) is 3.83. The van der Waals surface area contributed by atoms with Gasteiger partial charge >= 0.3 is 11.4 Å². The molecule has 7 nitrogen and oxygen atoms in total. The highest BCUT2D eigenvalue weighted by Crippen LogP contribution is 2.04. The number of hydrogen-bond donors (Lipinski definition) is 0. The second kappa shape index (κ2) is 7.67. The van der Waals surface area contributed by atoms with Crippen molar-refractivity contribution in [1.29, 1.82) is 0 Å². The third-order valence-electron chi connectivity index (χ3n) is 2.08. The third-order valence-corrected chi connectivity index (χ3v) is 2.08. The Morgan fingerprint density at radius 2 is 1.67 bits per heavy atom. The van der Waals surface area contributed by atoms with E-state index in [-0.39, 0.29) is 5.56 Å². The molecule has 112 valence electrons. The molecule has 0 fully saturated rings. The monoisotopic (exact) mass is 313 g/mol. The number of aryl methyl sites for hydroxylation is 1. The van der Waals surface area contributed by atoms with Crippen LogP contribution in [0, 0.1) is 17.2 Å². The second-order valence-corrected chi connectivity index (χ2v) is 4.59. The maximum atomic E-state index is 11.2. The third kappa shape index (κ3) is 8.69. The first-order valence-electron chi connectivity index (χ1n) is 5.63. The number of benzene rings is 1. The van der Waals surface area contributed by atoms with Crippen molar-refractivity contribution in [1.82, 2.24) is 0 Å². The van der Waals surface area contributed by atoms with Gasteiger partial charge in [-0.1, -0.05) is 30.3 Å². The van der Waals surface area contributed by atoms with E-state index in [9.17, 15) is 4.79 Å². The van der Waals surface area contributed by atoms with Crippen LogP contribution in [0.2, 0.25) is 0 Å². The van der Waals surface area contributed by atoms with Crippen molar-refractivity contribution in [3.8, 4) is 0 Å². The van der Waals surface area contributed by atoms with Crippen LogP contribution in [-0.4, -0.2) is 0 Å². The Morgan fingerprint density at radius 3 is 2.19 bits per heavy atom. The van der Waals surface area contributed by atoms with Crippen molar-refractivity contribution in [3.05, 3.63) is 64.0 Å². The summed E-state index contributed by atoms with van der Waals surface area (Å²) in [5, 5.41) is 0. The van der Waals surface area contributed by atoms with Gasteiger partial charge in [0.15, 0.2) is 0 Å². The summed E-state index contributed by atoms with van der Waals surface area (Å²) in [6, 6.07) is 11.2. The van der Waals surface area contributed by atoms with Gasteiger partial charge in [0.1, 0.15) is 5.76 Å². The maximum absolute atomic E-state index is 11.2. The zero-order valence-corrected chi connectivity index (χ0v) is 11.7. The Hall–Kier alpha value is -2.03. The molecule has 2 rings (SSSR count). The minimum atomic E-state index is -4.94. The van der Waals surface area contributed by atoms with Crippen LogP contribution in [0.1, 0.15) is 17.2 Å². The van der Waals surface area contributed by atoms with E-state index >= 15 is 0 Å². The topological polar surface area (TPSA) is 137 Å². The van der Waals surface area contributed by atoms with E-state index in [0.717, 1.165) is 5.56 Å². The summed E-state index contributed by atoms with van der Waals surface area (Å²) in [7, 11) is -4.94. The Bertz CT molecular complexity index is 642. The van der Waals surface area contributed by atoms with Gasteiger partial charge in [-0.25, -0.2) is 23.4 Å². The highest BCUT2D eigenvalue weighted by molar-refractivity contribution is 5.64. The number of rotatable bonds is 2. The minimum absolute atomic E-state index is 0.156. The fraction of sp³-hybridized carbons (Fsp3) is 0.0769. The molecule has 1 aromatic carbocycles. The average Bonchev–Trinajstić information content (AvgIpc) is 2.34. The van der Waals surface area contributed by atoms with E-state index in [0.29, 0.717) is 11.7 Å². The van der Waals surface area contributed by atoms with Crippen molar-refractivity contribution < 1.29 is 38.3 Å². The first-order chi connectivity index (χ1) is 9.74. The minimum Gasteiger partial charge on any atom is -0.410 e. The largest absolute Gasteiger partial charge is 0.416 e. The van der Waals surface area contributed by atoms with Crippen LogP contribution in [0.4, 0.5) is 0 Å². The van der Waals surface area contributed by atoms with E-state index in [1.54, 1.807) is 13.0 Å². The zero-order chi connectivity index (χ0) is 15.9. The zero-order valence-electron chi connectivity index (χ0n) is 10.9. The molecule has 1 N–H and O–H groups in total. The molecule has 21 heavy (non-hydrogen) atoms. The molecule has 8 heteroatoms. The van der Waals surface area contributed by atoms with E-state index in [1.165, 1.54) is 6.07 Å². The highest BCUT2D eigenvalue weighted by Gasteiger charge is 2.03. The van der Waals surface area contributed by atoms with Crippen LogP contribution in [0.3, 0.4) is 0 Å². The maximum Gasteiger partial charge on any atom is 0.416 e. The van der Waals surface area contributed by atoms with E-state index < -0.39 is 10.2 Å². The van der Waals surface area contributed by atoms with Gasteiger partial charge in [0.05, 0.1) is 12.1 Å². The molecule has 0 unspecified atom stereocenters. The molecule has 0 saturated heterocycles. The molecule has 0 spiro atoms. The van der Waals surface area contributed by atoms with Crippen molar-refractivity contribution in [2.75, 3.05) is 0 Å². The standard InChI is InChI=1S/C13H11NO2.ClHO4/c1-10-9-12(15)14-13(16-10)8-7-11-5-3-2-4-6-11;2-1(3,4)5/h2-9H,1H3;(H,2,3,4,5)/b8-7+;. The smallest absolute Gasteiger partial charge is 0.410 e. The molecule has 0 radical (unpaired) electrons. The summed E-state index contributed by atoms with van der Waals surface area (Å²) in [4.78, 5) is 13.8. The molecule has 2 aromatic rings. The van der Waals surface area contributed by atoms with Crippen molar-refractivity contribution in [3.63, 3.8) is 0 Å². The van der Waals surface area contributed by atoms with Crippen molar-refractivity contribution in [2.45, 2.75) is 6.92 Å². The van der Waals surface area contributed by atoms with Crippen LogP contribution >= 0.6 is 0 Å². The van der Waals surface area contributed by atoms with E-state index in [2.05, 4.69) is 4.98 Å². The number of H-pyrrole nitrogens is 1. The van der Waals surface area contributed by atoms with Crippen LogP contribution in [-0.2, 0) is 0 Å². The summed E-state index contributed by atoms with van der Waals surface area (Å²) >= 11 is 0. The van der Waals surface area contributed by atoms with Crippen LogP contribution in [0.25, 0.3) is 12.2 Å². The van der Waals surface area contributed by atoms with Gasteiger partial charge in [0, 0.05) is 0 Å². The molecular formula is C13H12ClNO6. The molecule has 0 amide bonds. The lowest BCUT2D eigenvalue weighted by atomic mass is 10.2. The van der Waals surface area contributed by atoms with Gasteiger partial charge in [-0.2, -0.15) is 0 Å². The van der Waals surface area contributed by atoms with Crippen LogP contribution < -0.4 is 29.2 Å². The fourth-order valence-corrected chi connectivity index (χ4v) is 1.38. The first-order valence-corrected chi connectivity index (χ1v) is 6.86. The lowest BCUT2D eigenvalue weighted by Crippen LogP contribution is -2.68. The lowest BCUT2D eigenvalue weighted by Gasteiger charge is -2.17. The SMILES string of the molecule is Cc1cc(=O)[nH+]c(/C=C/c2ccccc2)o1.[O-][Cl+3]([O-])([O-])[O-]. The summed E-state index contributed by atoms with van der Waals surface area (Å²) in [5.74, 6) is 1.05. The molecular weight excluding hydrogens is 302 g/mol. The predicted molar refractivity (Wildman–Crippen MR) is 61.6 cm³/mol. The predicted octanol–water partition coefficient (Wildman–Crippen LogP) is -2.82. The number of halogens is 1. The summed E-state index contributed by atoms with van der Waals surface area (Å²) in [6.07, 6.45) is 3.62. The van der Waals surface area contributed by atoms with Gasteiger partial charge < -0.3 is 4.42 Å². The Kier molecular flexibility index (Phi) is 6.22. The molecule has 0 bridgehead atoms. The van der Waals surface area contributed by atoms with Crippen molar-refractivity contribution >= 4 is 12.2 Å². The number of aromatic amines is 1. The van der Waals surface area contributed by atoms with Gasteiger partial charge in [0.2, 0.25) is 0 Å². The van der Waals surface area contributed by atoms with Crippen LogP contribution in [0.5, 0.6) is 0 Å². The molecule has 0 aliphatic carbocycles. The van der Waals surface area contributed by atoms with Crippen molar-refractivity contribution in [2.24, 2.45) is 0 Å². The Morgan fingerprint density at radius 1 is 1.10 bits per heavy atom. The molecule has 0 aliphatic heterocycles. The number of hydrogen-bond acceptors (Lipinski definition) is 6. The first kappa shape index (κ1) is 17.0. The van der Waals surface area contributed by atoms with E-state index in [4.69, 9.17) is 23.1 Å². The molecule has 0 aliphatic rings. The number of nitrogens with one attached hydrogen (secondary N) is 1. The summed E-state index contributed by atoms with van der Waals surface area (Å²) < 4.78 is 39.3. The van der Waals surface area contributed by atoms with Gasteiger partial charge in [0.25, 0.3) is 0 Å². The normalized spacial score (nSPS) is 11.1. The number of aromatic nitrogens is 1. The summed E-state index contributed by atoms with van der Waals surface area (Å²) in [5.41, 5.74) is 0.900. The Balaban J connectivity index is 0.000000383. The average molecular weight is 314 g/mol. The van der Waals surface area contributed by atoms with Gasteiger partial charge in [-0.3, -0.25) is 0 Å². The van der Waals surface area contributed by atoms with E-state index in [1.807, 2.05) is 36.4 Å². The Labute approximate surface area is 122 Å². The fourth-order valence-electron chi connectivity index (χ4n) is 1.38. The molecule has 1 heterocycles. The van der Waals surface area contributed by atoms with Gasteiger partial charge in [-0.15, -0.1) is 15.2 Å². The van der Waals surface area contributed by atoms with Crippen LogP contribution in [0.15, 0.2) is 45.6 Å². The molecule has 0 saturated carbocycles. The summed E-state index contributed by atoms with van der Waals surface area (Å²) in [6.45, 7) is 1.75.